The number of unbranched alkanes of at least 4 members (excludes halogenated alkanes) is 4. The first kappa shape index (κ1) is 37.8. The summed E-state index contributed by atoms with van der Waals surface area (Å²) in [5.74, 6) is 6.44. The Morgan fingerprint density at radius 3 is 2.02 bits per heavy atom. The van der Waals surface area contributed by atoms with Crippen LogP contribution in [0.1, 0.15) is 164 Å². The van der Waals surface area contributed by atoms with E-state index < -0.39 is 0 Å². The highest BCUT2D eigenvalue weighted by atomic mass is 16.7. The quantitative estimate of drug-likeness (QED) is 0.111. The van der Waals surface area contributed by atoms with Crippen LogP contribution in [0.4, 0.5) is 5.69 Å². The number of nitrogens with two attached hydrogens (primary N) is 1. The van der Waals surface area contributed by atoms with Gasteiger partial charge in [0, 0.05) is 24.8 Å². The van der Waals surface area contributed by atoms with Gasteiger partial charge in [-0.3, -0.25) is 0 Å². The third-order valence-electron chi connectivity index (χ3n) is 14.0. The molecule has 4 saturated carbocycles. The Kier molecular flexibility index (Phi) is 15.3. The summed E-state index contributed by atoms with van der Waals surface area (Å²) in [4.78, 5) is 0. The molecule has 9 atom stereocenters. The first-order valence-electron chi connectivity index (χ1n) is 20.3. The zero-order valence-corrected chi connectivity index (χ0v) is 31.2. The second-order valence-electron chi connectivity index (χ2n) is 17.0. The molecule has 4 aliphatic rings. The summed E-state index contributed by atoms with van der Waals surface area (Å²) in [7, 11) is 0. The molecule has 0 radical (unpaired) electrons. The molecule has 1 aromatic carbocycles. The van der Waals surface area contributed by atoms with Gasteiger partial charge in [0.2, 0.25) is 0 Å². The van der Waals surface area contributed by atoms with E-state index in [9.17, 15) is 0 Å². The molecule has 264 valence electrons. The Morgan fingerprint density at radius 1 is 0.717 bits per heavy atom. The predicted molar refractivity (Wildman–Crippen MR) is 198 cm³/mol. The summed E-state index contributed by atoms with van der Waals surface area (Å²) < 4.78 is 12.6. The van der Waals surface area contributed by atoms with Crippen molar-refractivity contribution in [3.63, 3.8) is 0 Å². The van der Waals surface area contributed by atoms with Crippen LogP contribution in [0.3, 0.4) is 0 Å². The number of para-hydroxylation sites is 1. The predicted octanol–water partition coefficient (Wildman–Crippen LogP) is 12.5. The Hall–Kier alpha value is -1.06. The van der Waals surface area contributed by atoms with E-state index in [-0.39, 0.29) is 6.29 Å². The molecule has 4 fully saturated rings. The van der Waals surface area contributed by atoms with Gasteiger partial charge in [-0.25, -0.2) is 0 Å². The molecule has 0 aromatic heterocycles. The van der Waals surface area contributed by atoms with E-state index in [1.807, 2.05) is 30.3 Å². The highest BCUT2D eigenvalue weighted by Crippen LogP contribution is 2.68. The molecule has 46 heavy (non-hydrogen) atoms. The summed E-state index contributed by atoms with van der Waals surface area (Å²) in [6.07, 6.45) is 26.6. The normalized spacial score (nSPS) is 33.3. The number of fused-ring (bicyclic) bond motifs is 5. The Labute approximate surface area is 285 Å². The highest BCUT2D eigenvalue weighted by molar-refractivity contribution is 5.35. The van der Waals surface area contributed by atoms with Crippen molar-refractivity contribution in [2.24, 2.45) is 52.3 Å². The number of anilines is 1. The maximum absolute atomic E-state index is 6.30. The zero-order valence-electron chi connectivity index (χ0n) is 31.2. The van der Waals surface area contributed by atoms with Gasteiger partial charge >= 0.3 is 0 Å². The van der Waals surface area contributed by atoms with Gasteiger partial charge in [-0.05, 0) is 129 Å². The van der Waals surface area contributed by atoms with Crippen LogP contribution in [-0.2, 0) is 9.47 Å². The van der Waals surface area contributed by atoms with E-state index >= 15 is 0 Å². The molecule has 0 heterocycles. The monoisotopic (exact) mass is 638 g/mol. The summed E-state index contributed by atoms with van der Waals surface area (Å²) >= 11 is 0. The summed E-state index contributed by atoms with van der Waals surface area (Å²) in [5.41, 5.74) is 7.46. The maximum Gasteiger partial charge on any atom is 0.160 e. The molecule has 0 bridgehead atoms. The summed E-state index contributed by atoms with van der Waals surface area (Å²) in [6.45, 7) is 16.7. The van der Waals surface area contributed by atoms with Crippen molar-refractivity contribution >= 4 is 5.69 Å². The summed E-state index contributed by atoms with van der Waals surface area (Å²) in [6, 6.07) is 9.49. The summed E-state index contributed by atoms with van der Waals surface area (Å²) in [5, 5.41) is 0. The topological polar surface area (TPSA) is 44.5 Å². The fraction of sp³-hybridized carbons (Fsp3) is 0.860. The average molecular weight is 638 g/mol. The van der Waals surface area contributed by atoms with Crippen molar-refractivity contribution in [3.05, 3.63) is 30.3 Å². The molecule has 1 aromatic rings. The molecule has 3 nitrogen and oxygen atoms in total. The molecule has 0 aliphatic heterocycles. The number of nitrogen functional groups attached to an aromatic ring is 1. The van der Waals surface area contributed by atoms with Crippen molar-refractivity contribution < 1.29 is 9.47 Å². The lowest BCUT2D eigenvalue weighted by molar-refractivity contribution is -0.172. The molecule has 5 rings (SSSR count). The number of ether oxygens (including phenoxy) is 2. The zero-order chi connectivity index (χ0) is 33.0. The fourth-order valence-electron chi connectivity index (χ4n) is 11.3. The third-order valence-corrected chi connectivity index (χ3v) is 14.0. The second kappa shape index (κ2) is 18.6. The first-order valence-corrected chi connectivity index (χ1v) is 20.3. The molecule has 0 amide bonds. The number of rotatable bonds is 16. The molecular weight excluding hydrogens is 562 g/mol. The van der Waals surface area contributed by atoms with Crippen molar-refractivity contribution in [1.82, 2.24) is 0 Å². The van der Waals surface area contributed by atoms with Crippen LogP contribution in [-0.4, -0.2) is 19.5 Å². The lowest BCUT2D eigenvalue weighted by atomic mass is 9.44. The standard InChI is InChI=1S/C37H68O2.C6H7N/c1-7-9-13-26-38-35(39-27-14-10-8-2)29(4)17-15-16-28(3)32-21-22-33-31-20-19-30-18-11-12-24-36(30,5)34(31)23-25-37(32,33)6;7-6-4-2-1-3-5-6/h28-35H,7-27H2,1-6H3;1-5H,7H2/t28-,29?,30?,31+,32-,33+,34+,36+,37-;/m1./s1. The molecule has 2 unspecified atom stereocenters. The van der Waals surface area contributed by atoms with Gasteiger partial charge in [-0.2, -0.15) is 0 Å². The molecule has 3 heteroatoms. The molecule has 2 N–H and O–H groups in total. The fourth-order valence-corrected chi connectivity index (χ4v) is 11.3. The van der Waals surface area contributed by atoms with Gasteiger partial charge < -0.3 is 15.2 Å². The highest BCUT2D eigenvalue weighted by Gasteiger charge is 2.60. The molecule has 0 saturated heterocycles. The van der Waals surface area contributed by atoms with E-state index in [1.54, 1.807) is 12.8 Å². The smallest absolute Gasteiger partial charge is 0.160 e. The molecule has 0 spiro atoms. The van der Waals surface area contributed by atoms with E-state index in [2.05, 4.69) is 41.5 Å². The molecular formula is C43H75NO2. The van der Waals surface area contributed by atoms with Crippen LogP contribution in [0.15, 0.2) is 30.3 Å². The number of benzene rings is 1. The second-order valence-corrected chi connectivity index (χ2v) is 17.0. The first-order chi connectivity index (χ1) is 22.2. The lowest BCUT2D eigenvalue weighted by Crippen LogP contribution is -2.53. The largest absolute Gasteiger partial charge is 0.399 e. The van der Waals surface area contributed by atoms with Crippen molar-refractivity contribution in [3.8, 4) is 0 Å². The Bertz CT molecular complexity index is 955. The third kappa shape index (κ3) is 9.55. The van der Waals surface area contributed by atoms with Crippen molar-refractivity contribution in [1.29, 1.82) is 0 Å². The van der Waals surface area contributed by atoms with Crippen LogP contribution in [0.2, 0.25) is 0 Å². The van der Waals surface area contributed by atoms with E-state index in [0.29, 0.717) is 16.7 Å². The van der Waals surface area contributed by atoms with Gasteiger partial charge in [-0.15, -0.1) is 0 Å². The van der Waals surface area contributed by atoms with Crippen LogP contribution in [0, 0.1) is 52.3 Å². The minimum absolute atomic E-state index is 0.00560. The van der Waals surface area contributed by atoms with E-state index in [4.69, 9.17) is 15.2 Å². The van der Waals surface area contributed by atoms with Crippen LogP contribution in [0.5, 0.6) is 0 Å². The molecule has 4 aliphatic carbocycles. The van der Waals surface area contributed by atoms with Crippen LogP contribution < -0.4 is 5.73 Å². The maximum atomic E-state index is 6.30. The van der Waals surface area contributed by atoms with E-state index in [0.717, 1.165) is 67.3 Å². The van der Waals surface area contributed by atoms with Crippen molar-refractivity contribution in [2.45, 2.75) is 170 Å². The SMILES string of the molecule is CCCCCOC(OCCCCC)C(C)CCC[C@@H](C)[C@H]1CC[C@H]2[C@@H]3CCC4CCCC[C@]4(C)[C@H]3CC[C@]12C.Nc1ccccc1. The van der Waals surface area contributed by atoms with Crippen molar-refractivity contribution in [2.75, 3.05) is 18.9 Å². The van der Waals surface area contributed by atoms with Gasteiger partial charge in [0.25, 0.3) is 0 Å². The van der Waals surface area contributed by atoms with Crippen LogP contribution >= 0.6 is 0 Å². The van der Waals surface area contributed by atoms with Crippen LogP contribution in [0.25, 0.3) is 0 Å². The Morgan fingerprint density at radius 2 is 1.39 bits per heavy atom. The minimum atomic E-state index is -0.00560. The average Bonchev–Trinajstić information content (AvgIpc) is 3.41. The van der Waals surface area contributed by atoms with E-state index in [1.165, 1.54) is 96.3 Å². The lowest BCUT2D eigenvalue weighted by Gasteiger charge is -2.61. The van der Waals surface area contributed by atoms with Gasteiger partial charge in [-0.1, -0.05) is 111 Å². The van der Waals surface area contributed by atoms with Gasteiger partial charge in [0.1, 0.15) is 0 Å². The number of hydrogen-bond acceptors (Lipinski definition) is 3. The van der Waals surface area contributed by atoms with Gasteiger partial charge in [0.05, 0.1) is 0 Å². The minimum Gasteiger partial charge on any atom is -0.399 e. The number of hydrogen-bond donors (Lipinski definition) is 1. The van der Waals surface area contributed by atoms with Gasteiger partial charge in [0.15, 0.2) is 6.29 Å². The Balaban J connectivity index is 0.000000606.